The topological polar surface area (TPSA) is 126 Å². The lowest BCUT2D eigenvalue weighted by atomic mass is 9.76. The molecule has 3 heterocycles. The highest BCUT2D eigenvalue weighted by molar-refractivity contribution is 9.09. The molecule has 0 radical (unpaired) electrons. The number of rotatable bonds is 15. The number of unbranched alkanes of at least 4 members (excludes halogenated alkanes) is 6. The van der Waals surface area contributed by atoms with Crippen molar-refractivity contribution in [1.29, 1.82) is 0 Å². The summed E-state index contributed by atoms with van der Waals surface area (Å²) in [5.41, 5.74) is -0.342. The predicted molar refractivity (Wildman–Crippen MR) is 226 cm³/mol. The molecule has 0 atom stereocenters. The van der Waals surface area contributed by atoms with Gasteiger partial charge < -0.3 is 30.5 Å². The highest BCUT2D eigenvalue weighted by atomic mass is 79.9. The van der Waals surface area contributed by atoms with Crippen LogP contribution in [0.25, 0.3) is 0 Å². The highest BCUT2D eigenvalue weighted by Crippen LogP contribution is 2.35. The number of nitrogens with one attached hydrogen (secondary N) is 3. The number of halogens is 2. The minimum atomic E-state index is -0.664. The molecular formula is C42H79Br2N3O6. The second kappa shape index (κ2) is 22.3. The van der Waals surface area contributed by atoms with Crippen LogP contribution in [0.4, 0.5) is 0 Å². The molecule has 312 valence electrons. The molecule has 0 bridgehead atoms. The van der Waals surface area contributed by atoms with E-state index in [9.17, 15) is 14.4 Å². The molecule has 53 heavy (non-hydrogen) atoms. The van der Waals surface area contributed by atoms with Gasteiger partial charge in [-0.3, -0.25) is 14.4 Å². The Balaban J connectivity index is 0.000000544. The average molecular weight is 882 g/mol. The van der Waals surface area contributed by atoms with E-state index in [2.05, 4.69) is 131 Å². The zero-order valence-corrected chi connectivity index (χ0v) is 38.9. The first-order chi connectivity index (χ1) is 24.2. The molecule has 3 fully saturated rings. The van der Waals surface area contributed by atoms with Gasteiger partial charge in [0, 0.05) is 43.9 Å². The van der Waals surface area contributed by atoms with Crippen molar-refractivity contribution >= 4 is 49.8 Å². The van der Waals surface area contributed by atoms with Crippen molar-refractivity contribution in [2.45, 2.75) is 206 Å². The van der Waals surface area contributed by atoms with E-state index in [1.54, 1.807) is 0 Å². The van der Waals surface area contributed by atoms with Crippen LogP contribution in [0.1, 0.15) is 173 Å². The maximum absolute atomic E-state index is 12.5. The summed E-state index contributed by atoms with van der Waals surface area (Å²) in [5, 5.41) is 22.0. The summed E-state index contributed by atoms with van der Waals surface area (Å²) in [5.74, 6) is -1.06. The molecule has 0 aromatic heterocycles. The predicted octanol–water partition coefficient (Wildman–Crippen LogP) is 9.71. The fourth-order valence-corrected chi connectivity index (χ4v) is 9.95. The summed E-state index contributed by atoms with van der Waals surface area (Å²) in [4.78, 5) is 35.9. The summed E-state index contributed by atoms with van der Waals surface area (Å²) >= 11 is 6.78. The molecule has 0 aromatic rings. The number of hydrogen-bond donors (Lipinski definition) is 4. The number of carboxylic acids is 1. The van der Waals surface area contributed by atoms with Crippen LogP contribution in [-0.2, 0) is 23.9 Å². The second-order valence-corrected chi connectivity index (χ2v) is 21.5. The van der Waals surface area contributed by atoms with Gasteiger partial charge in [0.1, 0.15) is 0 Å². The van der Waals surface area contributed by atoms with Crippen molar-refractivity contribution in [2.24, 2.45) is 17.8 Å². The zero-order chi connectivity index (χ0) is 40.7. The molecule has 9 nitrogen and oxygen atoms in total. The normalized spacial score (nSPS) is 23.0. The van der Waals surface area contributed by atoms with Crippen molar-refractivity contribution in [1.82, 2.24) is 16.0 Å². The number of alkyl halides is 2. The fraction of sp³-hybridized carbons (Fsp3) is 0.929. The monoisotopic (exact) mass is 879 g/mol. The Kier molecular flexibility index (Phi) is 21.1. The van der Waals surface area contributed by atoms with E-state index in [0.29, 0.717) is 26.1 Å². The van der Waals surface area contributed by atoms with E-state index >= 15 is 0 Å². The lowest BCUT2D eigenvalue weighted by Gasteiger charge is -2.45. The van der Waals surface area contributed by atoms with E-state index in [1.165, 1.54) is 25.7 Å². The van der Waals surface area contributed by atoms with Crippen molar-refractivity contribution in [2.75, 3.05) is 23.9 Å². The van der Waals surface area contributed by atoms with Gasteiger partial charge in [0.2, 0.25) is 0 Å². The lowest BCUT2D eigenvalue weighted by Crippen LogP contribution is -2.59. The van der Waals surface area contributed by atoms with Gasteiger partial charge in [0.25, 0.3) is 0 Å². The summed E-state index contributed by atoms with van der Waals surface area (Å²) < 4.78 is 11.1. The molecule has 0 spiro atoms. The molecule has 4 N–H and O–H groups in total. The zero-order valence-electron chi connectivity index (χ0n) is 35.7. The third-order valence-electron chi connectivity index (χ3n) is 10.1. The second-order valence-electron chi connectivity index (χ2n) is 19.9. The van der Waals surface area contributed by atoms with Crippen LogP contribution in [0.15, 0.2) is 0 Å². The molecule has 11 heteroatoms. The Morgan fingerprint density at radius 3 is 0.962 bits per heavy atom. The fourth-order valence-electron chi connectivity index (χ4n) is 9.16. The summed E-state index contributed by atoms with van der Waals surface area (Å²) in [6.45, 7) is 26.4. The Hall–Kier alpha value is -0.750. The van der Waals surface area contributed by atoms with Gasteiger partial charge in [-0.05, 0) is 160 Å². The maximum Gasteiger partial charge on any atom is 0.309 e. The smallest absolute Gasteiger partial charge is 0.309 e. The molecular weight excluding hydrogens is 802 g/mol. The van der Waals surface area contributed by atoms with Crippen molar-refractivity contribution < 1.29 is 29.0 Å². The van der Waals surface area contributed by atoms with Gasteiger partial charge in [0.05, 0.1) is 31.0 Å². The van der Waals surface area contributed by atoms with Crippen molar-refractivity contribution in [3.63, 3.8) is 0 Å². The standard InChI is InChI=1S/C26H48N2O4.C10H19NO2.C6H12Br2/c1-23(2)15-19(16-24(3,4)27-23)21(29)31-13-11-9-10-12-14-32-22(30)20-17-25(5,6)28-26(7,8)18-20;1-9(2)5-7(8(12)13)6-10(3,4)11-9;7-5-3-1-2-4-6-8/h19-20,27-28H,9-18H2,1-8H3;7,11H,5-6H2,1-4H3,(H,12,13);1-6H2. The first-order valence-corrected chi connectivity index (χ1v) is 22.5. The molecule has 3 rings (SSSR count). The third kappa shape index (κ3) is 22.0. The Labute approximate surface area is 341 Å². The minimum Gasteiger partial charge on any atom is -0.481 e. The highest BCUT2D eigenvalue weighted by Gasteiger charge is 2.43. The van der Waals surface area contributed by atoms with E-state index in [1.807, 2.05) is 0 Å². The molecule has 0 aliphatic carbocycles. The van der Waals surface area contributed by atoms with Crippen LogP contribution in [-0.4, -0.2) is 80.1 Å². The maximum atomic E-state index is 12.5. The first-order valence-electron chi connectivity index (χ1n) is 20.3. The van der Waals surface area contributed by atoms with Gasteiger partial charge in [-0.15, -0.1) is 0 Å². The summed E-state index contributed by atoms with van der Waals surface area (Å²) in [6, 6.07) is 0. The van der Waals surface area contributed by atoms with Gasteiger partial charge in [-0.1, -0.05) is 44.7 Å². The number of piperidine rings is 3. The lowest BCUT2D eigenvalue weighted by molar-refractivity contribution is -0.153. The van der Waals surface area contributed by atoms with Crippen LogP contribution in [0.5, 0.6) is 0 Å². The van der Waals surface area contributed by atoms with E-state index in [4.69, 9.17) is 14.6 Å². The van der Waals surface area contributed by atoms with Crippen molar-refractivity contribution in [3.05, 3.63) is 0 Å². The largest absolute Gasteiger partial charge is 0.481 e. The van der Waals surface area contributed by atoms with E-state index < -0.39 is 5.97 Å². The molecule has 3 aliphatic heterocycles. The first kappa shape index (κ1) is 50.3. The number of ether oxygens (including phenoxy) is 2. The quantitative estimate of drug-likeness (QED) is 0.0723. The number of esters is 2. The van der Waals surface area contributed by atoms with Crippen LogP contribution in [0, 0.1) is 17.8 Å². The molecule has 3 saturated heterocycles. The van der Waals surface area contributed by atoms with Gasteiger partial charge >= 0.3 is 17.9 Å². The van der Waals surface area contributed by atoms with Crippen LogP contribution < -0.4 is 16.0 Å². The molecule has 0 aromatic carbocycles. The molecule has 0 unspecified atom stereocenters. The van der Waals surface area contributed by atoms with E-state index in [0.717, 1.165) is 62.0 Å². The van der Waals surface area contributed by atoms with Crippen LogP contribution in [0.2, 0.25) is 0 Å². The SMILES string of the molecule is BrCCCCCCBr.CC1(C)CC(C(=O)O)CC(C)(C)N1.CC1(C)CC(C(=O)OCCCCCCOC(=O)C2CC(C)(C)NC(C)(C)C2)CC(C)(C)N1. The average Bonchev–Trinajstić information content (AvgIpc) is 2.96. The Morgan fingerprint density at radius 1 is 0.472 bits per heavy atom. The molecule has 0 amide bonds. The Bertz CT molecular complexity index is 1010. The summed E-state index contributed by atoms with van der Waals surface area (Å²) in [6.07, 6.45) is 13.7. The number of hydrogen-bond acceptors (Lipinski definition) is 8. The van der Waals surface area contributed by atoms with Crippen molar-refractivity contribution in [3.8, 4) is 0 Å². The number of carbonyl (C=O) groups excluding carboxylic acids is 2. The summed E-state index contributed by atoms with van der Waals surface area (Å²) in [7, 11) is 0. The van der Waals surface area contributed by atoms with Crippen LogP contribution in [0.3, 0.4) is 0 Å². The van der Waals surface area contributed by atoms with Gasteiger partial charge in [-0.25, -0.2) is 0 Å². The number of carbonyl (C=O) groups is 3. The van der Waals surface area contributed by atoms with Crippen LogP contribution >= 0.6 is 31.9 Å². The third-order valence-corrected chi connectivity index (χ3v) is 11.3. The van der Waals surface area contributed by atoms with E-state index in [-0.39, 0.29) is 62.9 Å². The minimum absolute atomic E-state index is 0.0365. The van der Waals surface area contributed by atoms with Gasteiger partial charge in [0.15, 0.2) is 0 Å². The molecule has 0 saturated carbocycles. The van der Waals surface area contributed by atoms with Gasteiger partial charge in [-0.2, -0.15) is 0 Å². The Morgan fingerprint density at radius 2 is 0.717 bits per heavy atom. The number of carboxylic acid groups (broad SMARTS) is 1. The molecule has 3 aliphatic rings. The number of aliphatic carboxylic acids is 1.